The monoisotopic (exact) mass is 339 g/mol. The first-order chi connectivity index (χ1) is 8.88. The van der Waals surface area contributed by atoms with Crippen LogP contribution >= 0.6 is 15.9 Å². The van der Waals surface area contributed by atoms with E-state index >= 15 is 0 Å². The predicted molar refractivity (Wildman–Crippen MR) is 80.9 cm³/mol. The van der Waals surface area contributed by atoms with E-state index in [4.69, 9.17) is 0 Å². The van der Waals surface area contributed by atoms with Crippen LogP contribution in [0.25, 0.3) is 0 Å². The van der Waals surface area contributed by atoms with Crippen LogP contribution in [0.5, 0.6) is 0 Å². The van der Waals surface area contributed by atoms with Crippen molar-refractivity contribution in [2.45, 2.75) is 18.7 Å². The number of sulfonamides is 1. The summed E-state index contributed by atoms with van der Waals surface area (Å²) in [5.74, 6) is 0. The maximum atomic E-state index is 12.2. The Morgan fingerprint density at radius 2 is 1.63 bits per heavy atom. The standard InChI is InChI=1S/C14H14BrNO2S/c1-10-3-8-14(11(2)9-10)16-19(17,18)13-6-4-12(15)5-7-13/h3-9,16H,1-2H3. The molecule has 0 heterocycles. The summed E-state index contributed by atoms with van der Waals surface area (Å²) in [6.07, 6.45) is 0. The van der Waals surface area contributed by atoms with Crippen molar-refractivity contribution in [3.05, 3.63) is 58.1 Å². The summed E-state index contributed by atoms with van der Waals surface area (Å²) >= 11 is 3.28. The first kappa shape index (κ1) is 14.1. The van der Waals surface area contributed by atoms with E-state index in [9.17, 15) is 8.42 Å². The van der Waals surface area contributed by atoms with Crippen molar-refractivity contribution in [2.75, 3.05) is 4.72 Å². The number of anilines is 1. The Bertz CT molecular complexity index is 694. The largest absolute Gasteiger partial charge is 0.279 e. The molecule has 0 fully saturated rings. The molecule has 5 heteroatoms. The number of hydrogen-bond acceptors (Lipinski definition) is 2. The number of aryl methyl sites for hydroxylation is 2. The minimum Gasteiger partial charge on any atom is -0.279 e. The van der Waals surface area contributed by atoms with Crippen molar-refractivity contribution in [1.82, 2.24) is 0 Å². The maximum Gasteiger partial charge on any atom is 0.261 e. The molecular weight excluding hydrogens is 326 g/mol. The second-order valence-electron chi connectivity index (χ2n) is 4.38. The molecule has 0 saturated heterocycles. The van der Waals surface area contributed by atoms with Crippen LogP contribution in [-0.2, 0) is 10.0 Å². The molecular formula is C14H14BrNO2S. The highest BCUT2D eigenvalue weighted by Crippen LogP contribution is 2.21. The van der Waals surface area contributed by atoms with Crippen LogP contribution < -0.4 is 4.72 Å². The summed E-state index contributed by atoms with van der Waals surface area (Å²) in [7, 11) is -3.54. The molecule has 0 saturated carbocycles. The fraction of sp³-hybridized carbons (Fsp3) is 0.143. The molecule has 0 radical (unpaired) electrons. The molecule has 2 rings (SSSR count). The van der Waals surface area contributed by atoms with Gasteiger partial charge in [-0.15, -0.1) is 0 Å². The van der Waals surface area contributed by atoms with Gasteiger partial charge in [0.25, 0.3) is 10.0 Å². The van der Waals surface area contributed by atoms with Crippen LogP contribution in [0.4, 0.5) is 5.69 Å². The first-order valence-electron chi connectivity index (χ1n) is 5.74. The number of hydrogen-bond donors (Lipinski definition) is 1. The molecule has 100 valence electrons. The SMILES string of the molecule is Cc1ccc(NS(=O)(=O)c2ccc(Br)cc2)c(C)c1. The lowest BCUT2D eigenvalue weighted by atomic mass is 10.1. The Balaban J connectivity index is 2.33. The fourth-order valence-corrected chi connectivity index (χ4v) is 3.14. The average Bonchev–Trinajstić information content (AvgIpc) is 2.33. The molecule has 0 spiro atoms. The first-order valence-corrected chi connectivity index (χ1v) is 8.02. The van der Waals surface area contributed by atoms with Gasteiger partial charge in [-0.05, 0) is 49.7 Å². The Labute approximate surface area is 121 Å². The van der Waals surface area contributed by atoms with E-state index in [1.54, 1.807) is 30.3 Å². The van der Waals surface area contributed by atoms with Gasteiger partial charge in [0.1, 0.15) is 0 Å². The van der Waals surface area contributed by atoms with E-state index in [1.807, 2.05) is 26.0 Å². The number of halogens is 1. The molecule has 0 aromatic heterocycles. The van der Waals surface area contributed by atoms with Gasteiger partial charge in [-0.1, -0.05) is 33.6 Å². The fourth-order valence-electron chi connectivity index (χ4n) is 1.75. The maximum absolute atomic E-state index is 12.2. The Morgan fingerprint density at radius 3 is 2.21 bits per heavy atom. The van der Waals surface area contributed by atoms with Crippen LogP contribution in [0, 0.1) is 13.8 Å². The van der Waals surface area contributed by atoms with E-state index in [1.165, 1.54) is 0 Å². The van der Waals surface area contributed by atoms with Gasteiger partial charge in [0, 0.05) is 4.47 Å². The molecule has 0 aliphatic heterocycles. The lowest BCUT2D eigenvalue weighted by molar-refractivity contribution is 0.601. The zero-order valence-electron chi connectivity index (χ0n) is 10.6. The summed E-state index contributed by atoms with van der Waals surface area (Å²) in [5.41, 5.74) is 2.61. The van der Waals surface area contributed by atoms with Gasteiger partial charge in [-0.2, -0.15) is 0 Å². The topological polar surface area (TPSA) is 46.2 Å². The van der Waals surface area contributed by atoms with Crippen molar-refractivity contribution in [2.24, 2.45) is 0 Å². The quantitative estimate of drug-likeness (QED) is 0.922. The molecule has 0 aliphatic rings. The van der Waals surface area contributed by atoms with E-state index in [0.29, 0.717) is 5.69 Å². The van der Waals surface area contributed by atoms with Crippen molar-refractivity contribution in [3.63, 3.8) is 0 Å². The van der Waals surface area contributed by atoms with Gasteiger partial charge in [-0.3, -0.25) is 4.72 Å². The van der Waals surface area contributed by atoms with Crippen LogP contribution in [-0.4, -0.2) is 8.42 Å². The van der Waals surface area contributed by atoms with E-state index in [0.717, 1.165) is 15.6 Å². The minimum atomic E-state index is -3.54. The third-order valence-corrected chi connectivity index (χ3v) is 4.66. The van der Waals surface area contributed by atoms with Crippen LogP contribution in [0.3, 0.4) is 0 Å². The van der Waals surface area contributed by atoms with Gasteiger partial charge in [-0.25, -0.2) is 8.42 Å². The Hall–Kier alpha value is -1.33. The lowest BCUT2D eigenvalue weighted by Gasteiger charge is -2.11. The second kappa shape index (κ2) is 5.35. The molecule has 1 N–H and O–H groups in total. The predicted octanol–water partition coefficient (Wildman–Crippen LogP) is 3.87. The van der Waals surface area contributed by atoms with Gasteiger partial charge in [0.15, 0.2) is 0 Å². The highest BCUT2D eigenvalue weighted by atomic mass is 79.9. The molecule has 0 aliphatic carbocycles. The van der Waals surface area contributed by atoms with E-state index in [2.05, 4.69) is 20.7 Å². The molecule has 3 nitrogen and oxygen atoms in total. The van der Waals surface area contributed by atoms with Crippen molar-refractivity contribution >= 4 is 31.6 Å². The molecule has 19 heavy (non-hydrogen) atoms. The zero-order valence-corrected chi connectivity index (χ0v) is 13.0. The molecule has 0 atom stereocenters. The Morgan fingerprint density at radius 1 is 1.00 bits per heavy atom. The van der Waals surface area contributed by atoms with E-state index in [-0.39, 0.29) is 4.90 Å². The highest BCUT2D eigenvalue weighted by molar-refractivity contribution is 9.10. The molecule has 2 aromatic carbocycles. The number of nitrogens with one attached hydrogen (secondary N) is 1. The minimum absolute atomic E-state index is 0.246. The van der Waals surface area contributed by atoms with Gasteiger partial charge in [0.05, 0.1) is 10.6 Å². The summed E-state index contributed by atoms with van der Waals surface area (Å²) in [6, 6.07) is 12.1. The zero-order chi connectivity index (χ0) is 14.0. The van der Waals surface area contributed by atoms with Crippen molar-refractivity contribution < 1.29 is 8.42 Å². The summed E-state index contributed by atoms with van der Waals surface area (Å²) < 4.78 is 27.9. The van der Waals surface area contributed by atoms with E-state index < -0.39 is 10.0 Å². The molecule has 0 unspecified atom stereocenters. The second-order valence-corrected chi connectivity index (χ2v) is 6.98. The normalized spacial score (nSPS) is 11.3. The van der Waals surface area contributed by atoms with Crippen molar-refractivity contribution in [1.29, 1.82) is 0 Å². The van der Waals surface area contributed by atoms with Crippen LogP contribution in [0.2, 0.25) is 0 Å². The third kappa shape index (κ3) is 3.36. The Kier molecular flexibility index (Phi) is 3.96. The lowest BCUT2D eigenvalue weighted by Crippen LogP contribution is -2.13. The summed E-state index contributed by atoms with van der Waals surface area (Å²) in [6.45, 7) is 3.85. The van der Waals surface area contributed by atoms with Crippen LogP contribution in [0.15, 0.2) is 51.8 Å². The van der Waals surface area contributed by atoms with Gasteiger partial charge < -0.3 is 0 Å². The number of rotatable bonds is 3. The molecule has 0 amide bonds. The molecule has 2 aromatic rings. The smallest absolute Gasteiger partial charge is 0.261 e. The van der Waals surface area contributed by atoms with Gasteiger partial charge in [0.2, 0.25) is 0 Å². The van der Waals surface area contributed by atoms with Crippen molar-refractivity contribution in [3.8, 4) is 0 Å². The summed E-state index contributed by atoms with van der Waals surface area (Å²) in [4.78, 5) is 0.246. The highest BCUT2D eigenvalue weighted by Gasteiger charge is 2.14. The average molecular weight is 340 g/mol. The number of benzene rings is 2. The third-order valence-electron chi connectivity index (χ3n) is 2.75. The molecule has 0 bridgehead atoms. The van der Waals surface area contributed by atoms with Crippen LogP contribution in [0.1, 0.15) is 11.1 Å². The van der Waals surface area contributed by atoms with Gasteiger partial charge >= 0.3 is 0 Å². The summed E-state index contributed by atoms with van der Waals surface area (Å²) in [5, 5.41) is 0.